The van der Waals surface area contributed by atoms with Gasteiger partial charge in [0.05, 0.1) is 12.1 Å². The number of nitrogens with one attached hydrogen (secondary N) is 3. The Kier molecular flexibility index (Phi) is 7.67. The van der Waals surface area contributed by atoms with Crippen molar-refractivity contribution in [3.05, 3.63) is 100.0 Å². The van der Waals surface area contributed by atoms with Crippen molar-refractivity contribution in [2.75, 3.05) is 13.1 Å². The van der Waals surface area contributed by atoms with Crippen molar-refractivity contribution in [1.82, 2.24) is 25.5 Å². The fourth-order valence-electron chi connectivity index (χ4n) is 6.07. The van der Waals surface area contributed by atoms with Gasteiger partial charge in [-0.3, -0.25) is 14.6 Å². The maximum atomic E-state index is 14.0. The van der Waals surface area contributed by atoms with Gasteiger partial charge < -0.3 is 20.5 Å². The number of aromatic amines is 1. The van der Waals surface area contributed by atoms with E-state index in [4.69, 9.17) is 11.6 Å². The first-order valence-corrected chi connectivity index (χ1v) is 14.2. The number of pyridine rings is 1. The number of H-pyrrole nitrogens is 1. The van der Waals surface area contributed by atoms with Crippen molar-refractivity contribution in [3.8, 4) is 0 Å². The lowest BCUT2D eigenvalue weighted by Gasteiger charge is -2.32. The maximum absolute atomic E-state index is 14.0. The highest BCUT2D eigenvalue weighted by Crippen LogP contribution is 2.34. The van der Waals surface area contributed by atoms with Gasteiger partial charge in [-0.05, 0) is 78.3 Å². The van der Waals surface area contributed by atoms with Crippen LogP contribution in [0.3, 0.4) is 0 Å². The zero-order chi connectivity index (χ0) is 29.4. The smallest absolute Gasteiger partial charge is 0.357 e. The van der Waals surface area contributed by atoms with E-state index in [2.05, 4.69) is 20.6 Å². The van der Waals surface area contributed by atoms with Gasteiger partial charge in [0.2, 0.25) is 11.8 Å². The lowest BCUT2D eigenvalue weighted by Crippen LogP contribution is -2.50. The Balaban J connectivity index is 1.22. The topological polar surface area (TPSA) is 90.1 Å². The van der Waals surface area contributed by atoms with E-state index in [0.29, 0.717) is 31.0 Å². The molecule has 1 fully saturated rings. The van der Waals surface area contributed by atoms with Crippen LogP contribution in [-0.4, -0.2) is 45.8 Å². The van der Waals surface area contributed by atoms with Crippen LogP contribution in [0, 0.1) is 5.92 Å². The van der Waals surface area contributed by atoms with E-state index >= 15 is 0 Å². The molecule has 0 aliphatic carbocycles. The largest absolute Gasteiger partial charge is 0.416 e. The number of amides is 2. The van der Waals surface area contributed by atoms with Gasteiger partial charge in [0.25, 0.3) is 0 Å². The van der Waals surface area contributed by atoms with Crippen LogP contribution in [0.15, 0.2) is 67.0 Å². The number of nitrogens with zero attached hydrogens (tertiary/aromatic N) is 2. The van der Waals surface area contributed by atoms with Crippen molar-refractivity contribution in [2.45, 2.75) is 44.1 Å². The molecule has 2 aliphatic heterocycles. The molecule has 1 unspecified atom stereocenters. The number of fused-ring (bicyclic) bond motifs is 2. The molecule has 6 rings (SSSR count). The fraction of sp³-hybridized carbons (Fsp3) is 0.323. The summed E-state index contributed by atoms with van der Waals surface area (Å²) >= 11 is 6.20. The highest BCUT2D eigenvalue weighted by molar-refractivity contribution is 6.30. The minimum absolute atomic E-state index is 0.103. The SMILES string of the molecule is O=C(NCc1cc2cnccc2[nH]1)[C@@H]1C[C@@H](Cc2ccc(C(F)(F)F)cc2)CN1C(=O)C1NCCc2cc(Cl)ccc21. The van der Waals surface area contributed by atoms with Gasteiger partial charge in [-0.1, -0.05) is 29.8 Å². The Morgan fingerprint density at radius 2 is 1.90 bits per heavy atom. The van der Waals surface area contributed by atoms with Crippen molar-refractivity contribution in [3.63, 3.8) is 0 Å². The molecule has 4 aromatic rings. The van der Waals surface area contributed by atoms with Crippen LogP contribution < -0.4 is 10.6 Å². The zero-order valence-corrected chi connectivity index (χ0v) is 23.3. The first kappa shape index (κ1) is 28.2. The molecule has 1 saturated heterocycles. The van der Waals surface area contributed by atoms with E-state index in [1.807, 2.05) is 24.3 Å². The number of likely N-dealkylation sites (tertiary alicyclic amines) is 1. The van der Waals surface area contributed by atoms with Crippen molar-refractivity contribution in [1.29, 1.82) is 0 Å². The molecular formula is C31H29ClF3N5O2. The molecule has 11 heteroatoms. The molecule has 218 valence electrons. The van der Waals surface area contributed by atoms with Crippen LogP contribution in [0.25, 0.3) is 10.9 Å². The van der Waals surface area contributed by atoms with Crippen LogP contribution >= 0.6 is 11.6 Å². The molecule has 3 N–H and O–H groups in total. The summed E-state index contributed by atoms with van der Waals surface area (Å²) in [6.07, 6.45) is 0.599. The second kappa shape index (κ2) is 11.4. The van der Waals surface area contributed by atoms with Gasteiger partial charge in [-0.25, -0.2) is 0 Å². The molecule has 4 heterocycles. The molecule has 0 saturated carbocycles. The average Bonchev–Trinajstić information content (AvgIpc) is 3.59. The summed E-state index contributed by atoms with van der Waals surface area (Å²) in [5, 5.41) is 7.81. The molecule has 0 radical (unpaired) electrons. The third-order valence-electron chi connectivity index (χ3n) is 8.11. The van der Waals surface area contributed by atoms with Crippen molar-refractivity contribution < 1.29 is 22.8 Å². The van der Waals surface area contributed by atoms with E-state index in [-0.39, 0.29) is 24.3 Å². The van der Waals surface area contributed by atoms with E-state index in [0.717, 1.165) is 51.8 Å². The third kappa shape index (κ3) is 5.87. The highest BCUT2D eigenvalue weighted by Gasteiger charge is 2.42. The summed E-state index contributed by atoms with van der Waals surface area (Å²) in [5.74, 6) is -0.582. The van der Waals surface area contributed by atoms with E-state index < -0.39 is 23.8 Å². The summed E-state index contributed by atoms with van der Waals surface area (Å²) in [4.78, 5) is 36.6. The molecule has 7 nitrogen and oxygen atoms in total. The Bertz CT molecular complexity index is 1590. The number of hydrogen-bond acceptors (Lipinski definition) is 4. The minimum atomic E-state index is -4.41. The molecule has 0 spiro atoms. The summed E-state index contributed by atoms with van der Waals surface area (Å²) in [6.45, 7) is 1.16. The second-order valence-corrected chi connectivity index (χ2v) is 11.4. The predicted molar refractivity (Wildman–Crippen MR) is 153 cm³/mol. The summed E-state index contributed by atoms with van der Waals surface area (Å²) in [7, 11) is 0. The standard InChI is InChI=1S/C31H29ClF3N5O2/c32-23-5-6-25-20(13-23)7-10-37-28(25)30(42)40-17-19(11-18-1-3-22(4-2-18)31(33,34)35)12-27(40)29(41)38-16-24-14-21-15-36-9-8-26(21)39-24/h1-6,8-9,13-15,19,27-28,37,39H,7,10-12,16-17H2,(H,38,41)/t19-,27+,28?/m1/s1. The molecule has 2 aliphatic rings. The van der Waals surface area contributed by atoms with E-state index in [9.17, 15) is 22.8 Å². The maximum Gasteiger partial charge on any atom is 0.416 e. The van der Waals surface area contributed by atoms with Crippen molar-refractivity contribution in [2.24, 2.45) is 5.92 Å². The molecule has 2 aromatic carbocycles. The Morgan fingerprint density at radius 1 is 1.10 bits per heavy atom. The Hall–Kier alpha value is -3.89. The average molecular weight is 596 g/mol. The third-order valence-corrected chi connectivity index (χ3v) is 8.35. The normalized spacial score (nSPS) is 20.5. The number of halogens is 4. The number of carbonyl (C=O) groups excluding carboxylic acids is 2. The quantitative estimate of drug-likeness (QED) is 0.286. The number of rotatable bonds is 6. The summed E-state index contributed by atoms with van der Waals surface area (Å²) in [5.41, 5.74) is 3.57. The monoisotopic (exact) mass is 595 g/mol. The number of carbonyl (C=O) groups is 2. The summed E-state index contributed by atoms with van der Waals surface area (Å²) in [6, 6.07) is 13.0. The molecule has 0 bridgehead atoms. The van der Waals surface area contributed by atoms with Crippen LogP contribution in [0.1, 0.15) is 40.4 Å². The van der Waals surface area contributed by atoms with E-state index in [1.54, 1.807) is 23.4 Å². The van der Waals surface area contributed by atoms with Gasteiger partial charge in [0.15, 0.2) is 0 Å². The van der Waals surface area contributed by atoms with Crippen molar-refractivity contribution >= 4 is 34.3 Å². The Labute approximate surface area is 245 Å². The van der Waals surface area contributed by atoms with Gasteiger partial charge in [-0.2, -0.15) is 13.2 Å². The van der Waals surface area contributed by atoms with Crippen LogP contribution in [0.2, 0.25) is 5.02 Å². The molecule has 42 heavy (non-hydrogen) atoms. The van der Waals surface area contributed by atoms with Gasteiger partial charge >= 0.3 is 6.18 Å². The first-order valence-electron chi connectivity index (χ1n) is 13.8. The lowest BCUT2D eigenvalue weighted by molar-refractivity contribution is -0.140. The van der Waals surface area contributed by atoms with Crippen LogP contribution in [0.4, 0.5) is 13.2 Å². The molecule has 2 aromatic heterocycles. The van der Waals surface area contributed by atoms with Crippen LogP contribution in [-0.2, 0) is 35.2 Å². The highest BCUT2D eigenvalue weighted by atomic mass is 35.5. The number of benzene rings is 2. The minimum Gasteiger partial charge on any atom is -0.357 e. The lowest BCUT2D eigenvalue weighted by atomic mass is 9.93. The number of hydrogen-bond donors (Lipinski definition) is 3. The molecule has 3 atom stereocenters. The number of alkyl halides is 3. The second-order valence-electron chi connectivity index (χ2n) is 11.0. The van der Waals surface area contributed by atoms with Gasteiger partial charge in [0, 0.05) is 47.1 Å². The zero-order valence-electron chi connectivity index (χ0n) is 22.5. The summed E-state index contributed by atoms with van der Waals surface area (Å²) < 4.78 is 39.2. The molecular weight excluding hydrogens is 567 g/mol. The predicted octanol–water partition coefficient (Wildman–Crippen LogP) is 5.20. The molecule has 2 amide bonds. The van der Waals surface area contributed by atoms with Gasteiger partial charge in [-0.15, -0.1) is 0 Å². The Morgan fingerprint density at radius 3 is 2.67 bits per heavy atom. The van der Waals surface area contributed by atoms with Crippen LogP contribution in [0.5, 0.6) is 0 Å². The van der Waals surface area contributed by atoms with E-state index in [1.165, 1.54) is 12.1 Å². The first-order chi connectivity index (χ1) is 20.2. The fourth-order valence-corrected chi connectivity index (χ4v) is 6.27. The number of aromatic nitrogens is 2. The van der Waals surface area contributed by atoms with Gasteiger partial charge in [0.1, 0.15) is 12.1 Å².